The van der Waals surface area contributed by atoms with E-state index in [4.69, 9.17) is 4.42 Å². The molecule has 0 aliphatic carbocycles. The Hall–Kier alpha value is -6.19. The number of nitrogens with zero attached hydrogens (tertiary/aromatic N) is 2. The van der Waals surface area contributed by atoms with Crippen molar-refractivity contribution in [2.75, 3.05) is 0 Å². The average molecular weight is 618 g/mol. The highest BCUT2D eigenvalue weighted by Gasteiger charge is 2.30. The zero-order valence-electron chi connectivity index (χ0n) is 26.9. The van der Waals surface area contributed by atoms with Gasteiger partial charge in [-0.15, -0.1) is 0 Å². The molecule has 0 saturated heterocycles. The van der Waals surface area contributed by atoms with Crippen LogP contribution in [0.4, 0.5) is 0 Å². The summed E-state index contributed by atoms with van der Waals surface area (Å²) in [6, 6.07) is 58.5. The molecule has 0 saturated carbocycles. The van der Waals surface area contributed by atoms with Crippen molar-refractivity contribution in [3.05, 3.63) is 175 Å². The van der Waals surface area contributed by atoms with Crippen LogP contribution < -0.4 is 4.57 Å². The van der Waals surface area contributed by atoms with Crippen LogP contribution in [0.5, 0.6) is 0 Å². The van der Waals surface area contributed by atoms with Crippen LogP contribution in [0.1, 0.15) is 11.4 Å². The van der Waals surface area contributed by atoms with Crippen LogP contribution in [0.3, 0.4) is 0 Å². The lowest BCUT2D eigenvalue weighted by Crippen LogP contribution is -2.39. The van der Waals surface area contributed by atoms with Gasteiger partial charge in [0.25, 0.3) is 5.82 Å². The fraction of sp³-hybridized carbons (Fsp3) is 0.0444. The molecule has 1 aliphatic heterocycles. The van der Waals surface area contributed by atoms with E-state index in [-0.39, 0.29) is 0 Å². The Morgan fingerprint density at radius 1 is 0.438 bits per heavy atom. The molecular weight excluding hydrogens is 585 g/mol. The van der Waals surface area contributed by atoms with E-state index in [1.165, 1.54) is 22.3 Å². The van der Waals surface area contributed by atoms with Gasteiger partial charge in [-0.3, -0.25) is 0 Å². The highest BCUT2D eigenvalue weighted by atomic mass is 16.3. The Labute approximate surface area is 279 Å². The summed E-state index contributed by atoms with van der Waals surface area (Å²) >= 11 is 0. The normalized spacial score (nSPS) is 11.5. The molecule has 48 heavy (non-hydrogen) atoms. The van der Waals surface area contributed by atoms with E-state index in [9.17, 15) is 0 Å². The van der Waals surface area contributed by atoms with Gasteiger partial charge < -0.3 is 4.42 Å². The van der Waals surface area contributed by atoms with E-state index in [0.29, 0.717) is 0 Å². The topological polar surface area (TPSA) is 21.9 Å². The zero-order chi connectivity index (χ0) is 32.2. The minimum atomic E-state index is 0.804. The lowest BCUT2D eigenvalue weighted by molar-refractivity contribution is -0.577. The molecule has 0 bridgehead atoms. The Bertz CT molecular complexity index is 2590. The van der Waals surface area contributed by atoms with E-state index in [1.54, 1.807) is 0 Å². The van der Waals surface area contributed by atoms with Crippen LogP contribution in [0, 0.1) is 13.8 Å². The van der Waals surface area contributed by atoms with Crippen LogP contribution in [0.2, 0.25) is 0 Å². The third-order valence-corrected chi connectivity index (χ3v) is 9.62. The van der Waals surface area contributed by atoms with Crippen LogP contribution in [-0.4, -0.2) is 4.57 Å². The van der Waals surface area contributed by atoms with Crippen molar-refractivity contribution in [1.29, 1.82) is 0 Å². The standard InChI is InChI=1S/C45H33N2O/c1-30-16-6-11-26-40(30)46-31(2)47-44-33(32-17-4-3-5-18-32)23-14-24-38(44)36-21-9-7-19-34(36)35-20-8-10-22-37(35)39-25-15-29-43(45(39)47)48-42-28-13-12-27-41(42)46/h3-29H,1-2H3/q+1. The molecule has 2 heterocycles. The molecule has 3 nitrogen and oxygen atoms in total. The van der Waals surface area contributed by atoms with Crippen molar-refractivity contribution in [3.8, 4) is 55.9 Å². The molecule has 7 aromatic carbocycles. The van der Waals surface area contributed by atoms with Gasteiger partial charge in [-0.1, -0.05) is 133 Å². The van der Waals surface area contributed by atoms with E-state index >= 15 is 0 Å². The molecule has 0 radical (unpaired) electrons. The SMILES string of the molecule is Cc1ccccc1-n1c(C)[n+]2c3c(cccc3oc3ccccc31)-c1ccccc1-c1ccccc1-c1cccc(-c3ccccc3)c1-2. The Morgan fingerprint density at radius 3 is 1.71 bits per heavy atom. The zero-order valence-corrected chi connectivity index (χ0v) is 26.9. The van der Waals surface area contributed by atoms with Gasteiger partial charge in [0, 0.05) is 23.6 Å². The van der Waals surface area contributed by atoms with E-state index < -0.39 is 0 Å². The second-order valence-electron chi connectivity index (χ2n) is 12.4. The lowest BCUT2D eigenvalue weighted by atomic mass is 9.88. The van der Waals surface area contributed by atoms with Crippen LogP contribution in [0.25, 0.3) is 78.1 Å². The molecule has 0 N–H and O–H groups in total. The van der Waals surface area contributed by atoms with Gasteiger partial charge >= 0.3 is 0 Å². The molecule has 0 amide bonds. The number of aromatic nitrogens is 2. The van der Waals surface area contributed by atoms with Gasteiger partial charge in [0.1, 0.15) is 11.4 Å². The number of benzene rings is 7. The van der Waals surface area contributed by atoms with Gasteiger partial charge in [0.15, 0.2) is 22.2 Å². The maximum atomic E-state index is 7.06. The maximum absolute atomic E-state index is 7.06. The predicted octanol–water partition coefficient (Wildman–Crippen LogP) is 11.4. The maximum Gasteiger partial charge on any atom is 0.264 e. The minimum absolute atomic E-state index is 0.804. The summed E-state index contributed by atoms with van der Waals surface area (Å²) in [5.41, 5.74) is 16.3. The summed E-state index contributed by atoms with van der Waals surface area (Å²) in [7, 11) is 0. The third kappa shape index (κ3) is 4.32. The van der Waals surface area contributed by atoms with Crippen molar-refractivity contribution in [1.82, 2.24) is 4.57 Å². The summed E-state index contributed by atoms with van der Waals surface area (Å²) in [5.74, 6) is 1.05. The summed E-state index contributed by atoms with van der Waals surface area (Å²) in [6.07, 6.45) is 0. The fourth-order valence-corrected chi connectivity index (χ4v) is 7.49. The number of fused-ring (bicyclic) bond motifs is 8. The second-order valence-corrected chi connectivity index (χ2v) is 12.4. The van der Waals surface area contributed by atoms with Crippen molar-refractivity contribution in [2.45, 2.75) is 13.8 Å². The second kappa shape index (κ2) is 11.3. The average Bonchev–Trinajstić information content (AvgIpc) is 3.18. The van der Waals surface area contributed by atoms with Gasteiger partial charge in [-0.05, 0) is 70.6 Å². The number of aryl methyl sites for hydroxylation is 1. The predicted molar refractivity (Wildman–Crippen MR) is 197 cm³/mol. The first-order valence-corrected chi connectivity index (χ1v) is 16.5. The highest BCUT2D eigenvalue weighted by molar-refractivity contribution is 6.01. The van der Waals surface area contributed by atoms with Crippen molar-refractivity contribution in [3.63, 3.8) is 0 Å². The number of hydrogen-bond donors (Lipinski definition) is 0. The molecule has 228 valence electrons. The van der Waals surface area contributed by atoms with Gasteiger partial charge in [0.2, 0.25) is 0 Å². The molecule has 1 aromatic heterocycles. The smallest absolute Gasteiger partial charge is 0.264 e. The van der Waals surface area contributed by atoms with Crippen molar-refractivity contribution >= 4 is 22.2 Å². The molecule has 8 aromatic rings. The number of hydrogen-bond acceptors (Lipinski definition) is 1. The van der Waals surface area contributed by atoms with Crippen LogP contribution in [-0.2, 0) is 0 Å². The van der Waals surface area contributed by atoms with E-state index in [2.05, 4.69) is 187 Å². The van der Waals surface area contributed by atoms with E-state index in [1.807, 2.05) is 0 Å². The highest BCUT2D eigenvalue weighted by Crippen LogP contribution is 2.44. The van der Waals surface area contributed by atoms with Crippen LogP contribution in [0.15, 0.2) is 168 Å². The lowest BCUT2D eigenvalue weighted by Gasteiger charge is -2.19. The molecular formula is C45H33N2O+. The Balaban J connectivity index is 1.64. The van der Waals surface area contributed by atoms with Gasteiger partial charge in [-0.25, -0.2) is 0 Å². The summed E-state index contributed by atoms with van der Waals surface area (Å²) in [5, 5.41) is 0. The molecule has 1 aliphatic rings. The number of rotatable bonds is 2. The molecule has 0 spiro atoms. The summed E-state index contributed by atoms with van der Waals surface area (Å²) in [6.45, 7) is 4.43. The van der Waals surface area contributed by atoms with E-state index in [0.717, 1.165) is 67.2 Å². The first-order chi connectivity index (χ1) is 23.7. The quantitative estimate of drug-likeness (QED) is 0.177. The summed E-state index contributed by atoms with van der Waals surface area (Å²) < 4.78 is 11.9. The van der Waals surface area contributed by atoms with Gasteiger partial charge in [-0.2, -0.15) is 9.13 Å². The molecule has 0 unspecified atom stereocenters. The van der Waals surface area contributed by atoms with Gasteiger partial charge in [0.05, 0.1) is 0 Å². The Morgan fingerprint density at radius 2 is 0.958 bits per heavy atom. The Kier molecular flexibility index (Phi) is 6.58. The summed E-state index contributed by atoms with van der Waals surface area (Å²) in [4.78, 5) is 0. The third-order valence-electron chi connectivity index (χ3n) is 9.62. The molecule has 0 atom stereocenters. The van der Waals surface area contributed by atoms with Crippen molar-refractivity contribution in [2.24, 2.45) is 0 Å². The largest absolute Gasteiger partial charge is 0.448 e. The van der Waals surface area contributed by atoms with Crippen molar-refractivity contribution < 1.29 is 8.98 Å². The first kappa shape index (κ1) is 28.1. The minimum Gasteiger partial charge on any atom is -0.448 e. The van der Waals surface area contributed by atoms with Crippen LogP contribution >= 0.6 is 0 Å². The monoisotopic (exact) mass is 617 g/mol. The molecule has 0 fully saturated rings. The number of para-hydroxylation sites is 5. The first-order valence-electron chi connectivity index (χ1n) is 16.5. The molecule has 3 heteroatoms. The fourth-order valence-electron chi connectivity index (χ4n) is 7.49. The molecule has 9 rings (SSSR count).